The molecule has 150 valence electrons. The van der Waals surface area contributed by atoms with Gasteiger partial charge in [0.1, 0.15) is 5.69 Å². The molecule has 0 bridgehead atoms. The van der Waals surface area contributed by atoms with Crippen molar-refractivity contribution in [3.05, 3.63) is 42.1 Å². The van der Waals surface area contributed by atoms with Gasteiger partial charge >= 0.3 is 5.97 Å². The first kappa shape index (κ1) is 20.2. The van der Waals surface area contributed by atoms with Crippen LogP contribution in [0, 0.1) is 0 Å². The third kappa shape index (κ3) is 4.85. The largest absolute Gasteiger partial charge is 0.451 e. The maximum Gasteiger partial charge on any atom is 0.357 e. The average Bonchev–Trinajstić information content (AvgIpc) is 3.05. The number of aromatic nitrogens is 1. The number of methoxy groups -OCH3 is 1. The minimum absolute atomic E-state index is 0.0508. The molecular weight excluding hydrogens is 384 g/mol. The van der Waals surface area contributed by atoms with Gasteiger partial charge in [0.05, 0.1) is 23.6 Å². The molecule has 1 aromatic heterocycles. The minimum atomic E-state index is -3.15. The van der Waals surface area contributed by atoms with Crippen molar-refractivity contribution >= 4 is 32.6 Å². The van der Waals surface area contributed by atoms with Gasteiger partial charge in [-0.05, 0) is 18.6 Å². The Morgan fingerprint density at radius 1 is 1.21 bits per heavy atom. The number of amides is 1. The van der Waals surface area contributed by atoms with E-state index in [0.717, 1.165) is 5.39 Å². The summed E-state index contributed by atoms with van der Waals surface area (Å²) < 4.78 is 33.6. The van der Waals surface area contributed by atoms with Gasteiger partial charge in [-0.1, -0.05) is 24.3 Å². The molecule has 1 aliphatic heterocycles. The first-order valence-electron chi connectivity index (χ1n) is 8.91. The second-order valence-electron chi connectivity index (χ2n) is 6.60. The van der Waals surface area contributed by atoms with E-state index in [4.69, 9.17) is 9.47 Å². The van der Waals surface area contributed by atoms with Crippen molar-refractivity contribution in [3.8, 4) is 0 Å². The number of nitrogens with zero attached hydrogens (tertiary/aromatic N) is 2. The Labute approximate surface area is 163 Å². The van der Waals surface area contributed by atoms with Crippen molar-refractivity contribution in [2.24, 2.45) is 0 Å². The number of benzene rings is 1. The number of sulfone groups is 1. The van der Waals surface area contributed by atoms with E-state index in [1.807, 2.05) is 18.2 Å². The first-order valence-corrected chi connectivity index (χ1v) is 10.7. The Morgan fingerprint density at radius 3 is 2.71 bits per heavy atom. The Balaban J connectivity index is 1.64. The van der Waals surface area contributed by atoms with Gasteiger partial charge in [-0.25, -0.2) is 18.2 Å². The van der Waals surface area contributed by atoms with Gasteiger partial charge in [-0.2, -0.15) is 0 Å². The number of carbonyl (C=O) groups excluding carboxylic acids is 2. The highest BCUT2D eigenvalue weighted by molar-refractivity contribution is 7.91. The lowest BCUT2D eigenvalue weighted by atomic mass is 10.2. The van der Waals surface area contributed by atoms with Crippen molar-refractivity contribution in [1.82, 2.24) is 9.88 Å². The van der Waals surface area contributed by atoms with Crippen LogP contribution in [0.3, 0.4) is 0 Å². The molecule has 8 nitrogen and oxygen atoms in total. The highest BCUT2D eigenvalue weighted by Gasteiger charge is 2.34. The number of pyridine rings is 1. The third-order valence-corrected chi connectivity index (χ3v) is 6.39. The van der Waals surface area contributed by atoms with Crippen molar-refractivity contribution in [2.75, 3.05) is 38.4 Å². The molecule has 0 N–H and O–H groups in total. The van der Waals surface area contributed by atoms with Crippen LogP contribution >= 0.6 is 0 Å². The van der Waals surface area contributed by atoms with Crippen LogP contribution in [0.25, 0.3) is 10.9 Å². The van der Waals surface area contributed by atoms with Crippen LogP contribution in [0.5, 0.6) is 0 Å². The van der Waals surface area contributed by atoms with Crippen LogP contribution in [-0.4, -0.2) is 74.6 Å². The van der Waals surface area contributed by atoms with Crippen molar-refractivity contribution in [1.29, 1.82) is 0 Å². The fourth-order valence-electron chi connectivity index (χ4n) is 3.19. The summed E-state index contributed by atoms with van der Waals surface area (Å²) in [6, 6.07) is 10.2. The van der Waals surface area contributed by atoms with E-state index in [2.05, 4.69) is 4.98 Å². The number of ether oxygens (including phenoxy) is 2. The Kier molecular flexibility index (Phi) is 6.25. The number of hydrogen-bond acceptors (Lipinski definition) is 7. The van der Waals surface area contributed by atoms with E-state index in [0.29, 0.717) is 11.9 Å². The highest BCUT2D eigenvalue weighted by atomic mass is 32.2. The zero-order valence-corrected chi connectivity index (χ0v) is 16.4. The molecule has 1 saturated heterocycles. The molecule has 2 aromatic rings. The van der Waals surface area contributed by atoms with Crippen molar-refractivity contribution < 1.29 is 27.5 Å². The van der Waals surface area contributed by atoms with Crippen LogP contribution in [0.1, 0.15) is 16.9 Å². The van der Waals surface area contributed by atoms with Crippen LogP contribution in [0.2, 0.25) is 0 Å². The lowest BCUT2D eigenvalue weighted by Gasteiger charge is -2.27. The summed E-state index contributed by atoms with van der Waals surface area (Å²) in [7, 11) is -1.65. The molecule has 0 spiro atoms. The van der Waals surface area contributed by atoms with E-state index < -0.39 is 34.4 Å². The highest BCUT2D eigenvalue weighted by Crippen LogP contribution is 2.18. The molecule has 0 radical (unpaired) electrons. The quantitative estimate of drug-likeness (QED) is 0.633. The van der Waals surface area contributed by atoms with Gasteiger partial charge in [0, 0.05) is 25.1 Å². The SMILES string of the molecule is COCCN(C(=O)COC(=O)c1ccc2ccccc2n1)[C@H]1CCS(=O)(=O)C1. The summed E-state index contributed by atoms with van der Waals surface area (Å²) in [5.74, 6) is -1.18. The Morgan fingerprint density at radius 2 is 2.00 bits per heavy atom. The zero-order valence-electron chi connectivity index (χ0n) is 15.5. The first-order chi connectivity index (χ1) is 13.4. The van der Waals surface area contributed by atoms with Crippen LogP contribution in [-0.2, 0) is 24.1 Å². The number of rotatable bonds is 7. The monoisotopic (exact) mass is 406 g/mol. The number of para-hydroxylation sites is 1. The van der Waals surface area contributed by atoms with E-state index in [-0.39, 0.29) is 30.4 Å². The number of carbonyl (C=O) groups is 2. The molecule has 1 fully saturated rings. The summed E-state index contributed by atoms with van der Waals surface area (Å²) in [6.45, 7) is 0.0252. The van der Waals surface area contributed by atoms with Crippen LogP contribution in [0.4, 0.5) is 0 Å². The molecule has 0 unspecified atom stereocenters. The Bertz CT molecular complexity index is 975. The Hall–Kier alpha value is -2.52. The van der Waals surface area contributed by atoms with Crippen molar-refractivity contribution in [3.63, 3.8) is 0 Å². The fourth-order valence-corrected chi connectivity index (χ4v) is 4.92. The lowest BCUT2D eigenvalue weighted by molar-refractivity contribution is -0.137. The van der Waals surface area contributed by atoms with Crippen molar-refractivity contribution in [2.45, 2.75) is 12.5 Å². The van der Waals surface area contributed by atoms with E-state index in [1.165, 1.54) is 12.0 Å². The summed E-state index contributed by atoms with van der Waals surface area (Å²) in [4.78, 5) is 30.5. The number of esters is 1. The van der Waals surface area contributed by atoms with Gasteiger partial charge in [0.15, 0.2) is 16.4 Å². The molecular formula is C19H22N2O6S. The minimum Gasteiger partial charge on any atom is -0.451 e. The summed E-state index contributed by atoms with van der Waals surface area (Å²) in [5.41, 5.74) is 0.763. The van der Waals surface area contributed by atoms with Crippen LogP contribution in [0.15, 0.2) is 36.4 Å². The molecule has 2 heterocycles. The predicted octanol–water partition coefficient (Wildman–Crippen LogP) is 1.05. The standard InChI is InChI=1S/C19H22N2O6S/c1-26-10-9-21(15-8-11-28(24,25)13-15)18(22)12-27-19(23)17-7-6-14-4-2-3-5-16(14)20-17/h2-7,15H,8-13H2,1H3/t15-/m0/s1. The topological polar surface area (TPSA) is 103 Å². The summed E-state index contributed by atoms with van der Waals surface area (Å²) >= 11 is 0. The van der Waals surface area contributed by atoms with E-state index in [9.17, 15) is 18.0 Å². The van der Waals surface area contributed by atoms with Gasteiger partial charge < -0.3 is 14.4 Å². The molecule has 0 aliphatic carbocycles. The second kappa shape index (κ2) is 8.66. The second-order valence-corrected chi connectivity index (χ2v) is 8.83. The molecule has 1 amide bonds. The van der Waals surface area contributed by atoms with Crippen LogP contribution < -0.4 is 0 Å². The van der Waals surface area contributed by atoms with Gasteiger partial charge in [0.25, 0.3) is 5.91 Å². The summed E-state index contributed by atoms with van der Waals surface area (Å²) in [5, 5.41) is 0.892. The van der Waals surface area contributed by atoms with Gasteiger partial charge in [0.2, 0.25) is 0 Å². The molecule has 3 rings (SSSR count). The molecule has 1 aromatic carbocycles. The van der Waals surface area contributed by atoms with E-state index >= 15 is 0 Å². The summed E-state index contributed by atoms with van der Waals surface area (Å²) in [6.07, 6.45) is 0.373. The molecule has 9 heteroatoms. The molecule has 0 saturated carbocycles. The average molecular weight is 406 g/mol. The third-order valence-electron chi connectivity index (χ3n) is 4.64. The fraction of sp³-hybridized carbons (Fsp3) is 0.421. The maximum absolute atomic E-state index is 12.6. The number of fused-ring (bicyclic) bond motifs is 1. The predicted molar refractivity (Wildman–Crippen MR) is 103 cm³/mol. The number of hydrogen-bond donors (Lipinski definition) is 0. The smallest absolute Gasteiger partial charge is 0.357 e. The van der Waals surface area contributed by atoms with Gasteiger partial charge in [-0.3, -0.25) is 4.79 Å². The normalized spacial score (nSPS) is 18.1. The maximum atomic E-state index is 12.6. The molecule has 1 aliphatic rings. The zero-order chi connectivity index (χ0) is 20.1. The molecule has 1 atom stereocenters. The lowest BCUT2D eigenvalue weighted by Crippen LogP contribution is -2.45. The van der Waals surface area contributed by atoms with Gasteiger partial charge in [-0.15, -0.1) is 0 Å². The molecule has 28 heavy (non-hydrogen) atoms. The van der Waals surface area contributed by atoms with E-state index in [1.54, 1.807) is 18.2 Å².